The van der Waals surface area contributed by atoms with E-state index in [0.717, 1.165) is 49.2 Å². The molecule has 2 saturated heterocycles. The maximum atomic E-state index is 13.0. The Morgan fingerprint density at radius 1 is 0.903 bits per heavy atom. The smallest absolute Gasteiger partial charge is 0.253 e. The van der Waals surface area contributed by atoms with Gasteiger partial charge in [0.2, 0.25) is 5.91 Å². The second-order valence-corrected chi connectivity index (χ2v) is 8.26. The van der Waals surface area contributed by atoms with Gasteiger partial charge in [-0.25, -0.2) is 0 Å². The van der Waals surface area contributed by atoms with Crippen molar-refractivity contribution < 1.29 is 9.59 Å². The highest BCUT2D eigenvalue weighted by molar-refractivity contribution is 5.97. The standard InChI is InChI=1S/C25H26N4O2/c30-23-7-3-13-29(23)22-10-8-20(9-11-22)25(31)28-16-14-27(15-17-28)18-21-5-1-4-19-6-2-12-26-24(19)21/h1-2,4-6,8-12H,3,7,13-18H2. The van der Waals surface area contributed by atoms with Crippen molar-refractivity contribution in [3.63, 3.8) is 0 Å². The molecule has 6 nitrogen and oxygen atoms in total. The average molecular weight is 415 g/mol. The molecular formula is C25H26N4O2. The molecule has 6 heteroatoms. The van der Waals surface area contributed by atoms with Gasteiger partial charge in [-0.1, -0.05) is 24.3 Å². The van der Waals surface area contributed by atoms with E-state index >= 15 is 0 Å². The van der Waals surface area contributed by atoms with E-state index in [-0.39, 0.29) is 11.8 Å². The molecule has 31 heavy (non-hydrogen) atoms. The number of hydrogen-bond donors (Lipinski definition) is 0. The van der Waals surface area contributed by atoms with E-state index in [2.05, 4.69) is 34.1 Å². The molecule has 1 aromatic heterocycles. The van der Waals surface area contributed by atoms with Crippen molar-refractivity contribution in [3.8, 4) is 0 Å². The molecule has 2 fully saturated rings. The summed E-state index contributed by atoms with van der Waals surface area (Å²) in [7, 11) is 0. The highest BCUT2D eigenvalue weighted by Gasteiger charge is 2.24. The summed E-state index contributed by atoms with van der Waals surface area (Å²) in [6, 6.07) is 17.8. The number of anilines is 1. The minimum absolute atomic E-state index is 0.0609. The van der Waals surface area contributed by atoms with Gasteiger partial charge in [0.15, 0.2) is 0 Å². The molecule has 3 heterocycles. The van der Waals surface area contributed by atoms with Gasteiger partial charge in [0, 0.05) is 68.5 Å². The molecule has 0 saturated carbocycles. The maximum absolute atomic E-state index is 13.0. The monoisotopic (exact) mass is 414 g/mol. The molecule has 0 aliphatic carbocycles. The normalized spacial score (nSPS) is 17.5. The molecule has 158 valence electrons. The summed E-state index contributed by atoms with van der Waals surface area (Å²) >= 11 is 0. The van der Waals surface area contributed by atoms with Crippen LogP contribution >= 0.6 is 0 Å². The van der Waals surface area contributed by atoms with E-state index in [4.69, 9.17) is 0 Å². The molecule has 0 atom stereocenters. The summed E-state index contributed by atoms with van der Waals surface area (Å²) < 4.78 is 0. The summed E-state index contributed by atoms with van der Waals surface area (Å²) in [4.78, 5) is 35.5. The highest BCUT2D eigenvalue weighted by atomic mass is 16.2. The lowest BCUT2D eigenvalue weighted by Crippen LogP contribution is -2.48. The van der Waals surface area contributed by atoms with Crippen molar-refractivity contribution in [2.24, 2.45) is 0 Å². The fourth-order valence-corrected chi connectivity index (χ4v) is 4.53. The van der Waals surface area contributed by atoms with E-state index in [9.17, 15) is 9.59 Å². The Labute approximate surface area is 182 Å². The van der Waals surface area contributed by atoms with Gasteiger partial charge in [-0.3, -0.25) is 19.5 Å². The van der Waals surface area contributed by atoms with E-state index in [1.165, 1.54) is 5.56 Å². The number of hydrogen-bond acceptors (Lipinski definition) is 4. The number of amides is 2. The van der Waals surface area contributed by atoms with Gasteiger partial charge in [0.1, 0.15) is 0 Å². The van der Waals surface area contributed by atoms with Gasteiger partial charge >= 0.3 is 0 Å². The van der Waals surface area contributed by atoms with Crippen LogP contribution in [0.4, 0.5) is 5.69 Å². The number of benzene rings is 2. The SMILES string of the molecule is O=C(c1ccc(N2CCCC2=O)cc1)N1CCN(Cc2cccc3cccnc23)CC1. The minimum atomic E-state index is 0.0609. The quantitative estimate of drug-likeness (QED) is 0.657. The van der Waals surface area contributed by atoms with Gasteiger partial charge in [-0.15, -0.1) is 0 Å². The van der Waals surface area contributed by atoms with Crippen molar-refractivity contribution >= 4 is 28.4 Å². The third-order valence-corrected chi connectivity index (χ3v) is 6.27. The van der Waals surface area contributed by atoms with Gasteiger partial charge in [0.05, 0.1) is 5.52 Å². The first-order chi connectivity index (χ1) is 15.2. The van der Waals surface area contributed by atoms with Crippen LogP contribution < -0.4 is 4.90 Å². The zero-order valence-electron chi connectivity index (χ0n) is 17.5. The van der Waals surface area contributed by atoms with Crippen molar-refractivity contribution in [1.29, 1.82) is 0 Å². The highest BCUT2D eigenvalue weighted by Crippen LogP contribution is 2.23. The molecule has 0 bridgehead atoms. The first-order valence-corrected chi connectivity index (χ1v) is 10.9. The van der Waals surface area contributed by atoms with E-state index in [1.54, 1.807) is 4.90 Å². The fraction of sp³-hybridized carbons (Fsp3) is 0.320. The lowest BCUT2D eigenvalue weighted by molar-refractivity contribution is -0.117. The number of aromatic nitrogens is 1. The number of carbonyl (C=O) groups excluding carboxylic acids is 2. The molecule has 2 amide bonds. The van der Waals surface area contributed by atoms with Crippen LogP contribution in [0.1, 0.15) is 28.8 Å². The Morgan fingerprint density at radius 2 is 1.68 bits per heavy atom. The van der Waals surface area contributed by atoms with Crippen LogP contribution in [-0.2, 0) is 11.3 Å². The van der Waals surface area contributed by atoms with Crippen molar-refractivity contribution in [2.75, 3.05) is 37.6 Å². The van der Waals surface area contributed by atoms with E-state index in [0.29, 0.717) is 25.1 Å². The van der Waals surface area contributed by atoms with Gasteiger partial charge < -0.3 is 9.80 Å². The summed E-state index contributed by atoms with van der Waals surface area (Å²) in [5.41, 5.74) is 3.85. The predicted octanol–water partition coefficient (Wildman–Crippen LogP) is 3.32. The largest absolute Gasteiger partial charge is 0.336 e. The molecule has 2 aliphatic heterocycles. The second kappa shape index (κ2) is 8.47. The van der Waals surface area contributed by atoms with Crippen LogP contribution in [0.5, 0.6) is 0 Å². The Morgan fingerprint density at radius 3 is 2.42 bits per heavy atom. The zero-order chi connectivity index (χ0) is 21.2. The van der Waals surface area contributed by atoms with Crippen LogP contribution in [0.25, 0.3) is 10.9 Å². The second-order valence-electron chi connectivity index (χ2n) is 8.26. The minimum Gasteiger partial charge on any atom is -0.336 e. The molecule has 2 aromatic carbocycles. The Kier molecular flexibility index (Phi) is 5.38. The number of piperazine rings is 1. The van der Waals surface area contributed by atoms with Crippen molar-refractivity contribution in [3.05, 3.63) is 71.9 Å². The predicted molar refractivity (Wildman–Crippen MR) is 121 cm³/mol. The van der Waals surface area contributed by atoms with Gasteiger partial charge in [-0.2, -0.15) is 0 Å². The Balaban J connectivity index is 1.20. The van der Waals surface area contributed by atoms with Gasteiger partial charge in [-0.05, 0) is 42.3 Å². The first-order valence-electron chi connectivity index (χ1n) is 10.9. The number of rotatable bonds is 4. The molecule has 0 unspecified atom stereocenters. The van der Waals surface area contributed by atoms with Crippen LogP contribution in [0, 0.1) is 0 Å². The first kappa shape index (κ1) is 19.7. The molecule has 2 aliphatic rings. The average Bonchev–Trinajstić information content (AvgIpc) is 3.25. The molecule has 3 aromatic rings. The molecule has 0 radical (unpaired) electrons. The molecule has 0 N–H and O–H groups in total. The number of pyridine rings is 1. The molecular weight excluding hydrogens is 388 g/mol. The Bertz CT molecular complexity index is 1100. The van der Waals surface area contributed by atoms with E-state index < -0.39 is 0 Å². The topological polar surface area (TPSA) is 56.8 Å². The van der Waals surface area contributed by atoms with Crippen LogP contribution in [0.15, 0.2) is 60.8 Å². The van der Waals surface area contributed by atoms with Crippen LogP contribution in [-0.4, -0.2) is 59.3 Å². The van der Waals surface area contributed by atoms with Gasteiger partial charge in [0.25, 0.3) is 5.91 Å². The maximum Gasteiger partial charge on any atom is 0.253 e. The molecule has 5 rings (SSSR count). The number of carbonyl (C=O) groups is 2. The van der Waals surface area contributed by atoms with Crippen LogP contribution in [0.3, 0.4) is 0 Å². The summed E-state index contributed by atoms with van der Waals surface area (Å²) in [6.45, 7) is 4.71. The van der Waals surface area contributed by atoms with Crippen LogP contribution in [0.2, 0.25) is 0 Å². The fourth-order valence-electron chi connectivity index (χ4n) is 4.53. The zero-order valence-corrected chi connectivity index (χ0v) is 17.5. The number of fused-ring (bicyclic) bond motifs is 1. The number of nitrogens with zero attached hydrogens (tertiary/aromatic N) is 4. The molecule has 0 spiro atoms. The van der Waals surface area contributed by atoms with E-state index in [1.807, 2.05) is 41.4 Å². The lowest BCUT2D eigenvalue weighted by atomic mass is 10.1. The van der Waals surface area contributed by atoms with Crippen molar-refractivity contribution in [2.45, 2.75) is 19.4 Å². The summed E-state index contributed by atoms with van der Waals surface area (Å²) in [5, 5.41) is 1.16. The Hall–Kier alpha value is -3.25. The third kappa shape index (κ3) is 4.03. The summed E-state index contributed by atoms with van der Waals surface area (Å²) in [6.07, 6.45) is 3.35. The third-order valence-electron chi connectivity index (χ3n) is 6.27. The lowest BCUT2D eigenvalue weighted by Gasteiger charge is -2.35. The summed E-state index contributed by atoms with van der Waals surface area (Å²) in [5.74, 6) is 0.224. The van der Waals surface area contributed by atoms with Crippen molar-refractivity contribution in [1.82, 2.24) is 14.8 Å². The number of para-hydroxylation sites is 1.